The first-order chi connectivity index (χ1) is 18.4. The zero-order chi connectivity index (χ0) is 26.8. The highest BCUT2D eigenvalue weighted by Crippen LogP contribution is 2.47. The molecule has 0 radical (unpaired) electrons. The zero-order valence-corrected chi connectivity index (χ0v) is 23.0. The Morgan fingerprint density at radius 1 is 1.26 bits per heavy atom. The molecule has 0 fully saturated rings. The molecule has 192 valence electrons. The van der Waals surface area contributed by atoms with Gasteiger partial charge in [0.05, 0.1) is 23.3 Å². The predicted octanol–water partition coefficient (Wildman–Crippen LogP) is 5.48. The number of ketones is 1. The number of rotatable bonds is 6. The van der Waals surface area contributed by atoms with Crippen molar-refractivity contribution in [2.45, 2.75) is 29.5 Å². The van der Waals surface area contributed by atoms with Crippen LogP contribution in [0.3, 0.4) is 0 Å². The summed E-state index contributed by atoms with van der Waals surface area (Å²) in [7, 11) is 0. The molecule has 1 amide bonds. The molecule has 38 heavy (non-hydrogen) atoms. The van der Waals surface area contributed by atoms with E-state index in [4.69, 9.17) is 5.73 Å². The van der Waals surface area contributed by atoms with Crippen LogP contribution in [0, 0.1) is 17.1 Å². The highest BCUT2D eigenvalue weighted by Gasteiger charge is 2.41. The summed E-state index contributed by atoms with van der Waals surface area (Å²) in [5.74, 6) is -1.07. The van der Waals surface area contributed by atoms with Gasteiger partial charge in [0.2, 0.25) is 11.0 Å². The van der Waals surface area contributed by atoms with Crippen molar-refractivity contribution in [2.75, 3.05) is 16.0 Å². The number of nitrogens with two attached hydrogens (primary N) is 1. The Labute approximate surface area is 234 Å². The van der Waals surface area contributed by atoms with Crippen molar-refractivity contribution in [2.24, 2.45) is 5.73 Å². The van der Waals surface area contributed by atoms with Crippen LogP contribution in [0.5, 0.6) is 0 Å². The first kappa shape index (κ1) is 26.1. The molecule has 0 spiro atoms. The molecule has 5 rings (SSSR count). The third kappa shape index (κ3) is 5.22. The number of amides is 1. The van der Waals surface area contributed by atoms with E-state index in [2.05, 4.69) is 37.5 Å². The molecule has 0 saturated heterocycles. The number of thioether (sulfide) groups is 1. The van der Waals surface area contributed by atoms with E-state index >= 15 is 0 Å². The first-order valence-electron chi connectivity index (χ1n) is 11.6. The number of anilines is 2. The normalized spacial score (nSPS) is 17.3. The molecule has 0 bridgehead atoms. The second kappa shape index (κ2) is 11.1. The minimum atomic E-state index is -0.678. The Bertz CT molecular complexity index is 1530. The number of Topliss-reactive ketones (excluding diaryl/α,β-unsaturated/α-hetero) is 1. The summed E-state index contributed by atoms with van der Waals surface area (Å²) < 4.78 is 15.0. The van der Waals surface area contributed by atoms with Gasteiger partial charge in [0.15, 0.2) is 10.1 Å². The van der Waals surface area contributed by atoms with Gasteiger partial charge in [0.25, 0.3) is 0 Å². The van der Waals surface area contributed by atoms with E-state index in [0.717, 1.165) is 4.47 Å². The lowest BCUT2D eigenvalue weighted by molar-refractivity contribution is -0.116. The Morgan fingerprint density at radius 3 is 2.79 bits per heavy atom. The number of carbonyl (C=O) groups excluding carboxylic acids is 2. The largest absolute Gasteiger partial charge is 0.384 e. The maximum Gasteiger partial charge on any atom is 0.234 e. The molecule has 1 aromatic heterocycles. The molecule has 12 heteroatoms. The number of nitriles is 1. The summed E-state index contributed by atoms with van der Waals surface area (Å²) >= 11 is 5.83. The summed E-state index contributed by atoms with van der Waals surface area (Å²) in [6.07, 6.45) is 1.55. The fraction of sp³-hybridized carbons (Fsp3) is 0.192. The lowest BCUT2D eigenvalue weighted by Gasteiger charge is -2.38. The molecule has 1 atom stereocenters. The fourth-order valence-electron chi connectivity index (χ4n) is 4.54. The van der Waals surface area contributed by atoms with Crippen molar-refractivity contribution in [3.05, 3.63) is 87.0 Å². The van der Waals surface area contributed by atoms with Crippen molar-refractivity contribution in [3.8, 4) is 6.07 Å². The van der Waals surface area contributed by atoms with Crippen LogP contribution in [0.15, 0.2) is 80.0 Å². The van der Waals surface area contributed by atoms with Crippen LogP contribution in [-0.2, 0) is 9.59 Å². The van der Waals surface area contributed by atoms with Gasteiger partial charge in [-0.15, -0.1) is 10.2 Å². The smallest absolute Gasteiger partial charge is 0.234 e. The molecule has 1 unspecified atom stereocenters. The van der Waals surface area contributed by atoms with Crippen molar-refractivity contribution in [3.63, 3.8) is 0 Å². The van der Waals surface area contributed by atoms with Gasteiger partial charge in [0, 0.05) is 27.9 Å². The van der Waals surface area contributed by atoms with Gasteiger partial charge < -0.3 is 11.1 Å². The van der Waals surface area contributed by atoms with Gasteiger partial charge in [-0.05, 0) is 48.7 Å². The monoisotopic (exact) mass is 610 g/mol. The Hall–Kier alpha value is -3.53. The maximum absolute atomic E-state index is 13.6. The van der Waals surface area contributed by atoms with Crippen molar-refractivity contribution in [1.82, 2.24) is 10.2 Å². The number of carbonyl (C=O) groups is 2. The zero-order valence-electron chi connectivity index (χ0n) is 19.8. The number of halogens is 2. The van der Waals surface area contributed by atoms with Crippen LogP contribution in [0.4, 0.5) is 15.2 Å². The fourth-order valence-corrected chi connectivity index (χ4v) is 6.62. The van der Waals surface area contributed by atoms with Crippen LogP contribution in [0.25, 0.3) is 0 Å². The topological polar surface area (TPSA) is 125 Å². The molecule has 1 aliphatic heterocycles. The van der Waals surface area contributed by atoms with E-state index in [9.17, 15) is 19.2 Å². The van der Waals surface area contributed by atoms with Gasteiger partial charge in [-0.3, -0.25) is 14.5 Å². The first-order valence-corrected chi connectivity index (χ1v) is 14.2. The second-order valence-corrected chi connectivity index (χ2v) is 11.7. The number of benzene rings is 2. The molecular weight excluding hydrogens is 591 g/mol. The molecule has 2 heterocycles. The Morgan fingerprint density at radius 2 is 2.05 bits per heavy atom. The number of allylic oxidation sites excluding steroid dienone is 3. The van der Waals surface area contributed by atoms with Crippen LogP contribution < -0.4 is 16.0 Å². The van der Waals surface area contributed by atoms with Crippen LogP contribution in [0.2, 0.25) is 0 Å². The molecule has 0 saturated carbocycles. The minimum Gasteiger partial charge on any atom is -0.384 e. The second-order valence-electron chi connectivity index (χ2n) is 8.57. The van der Waals surface area contributed by atoms with Crippen LogP contribution >= 0.6 is 39.0 Å². The van der Waals surface area contributed by atoms with Crippen LogP contribution in [-0.4, -0.2) is 27.6 Å². The summed E-state index contributed by atoms with van der Waals surface area (Å²) in [6, 6.07) is 15.2. The molecule has 8 nitrogen and oxygen atoms in total. The van der Waals surface area contributed by atoms with Crippen LogP contribution in [0.1, 0.15) is 30.7 Å². The lowest BCUT2D eigenvalue weighted by Crippen LogP contribution is -2.38. The number of nitrogens with one attached hydrogen (secondary N) is 1. The molecule has 3 N–H and O–H groups in total. The number of hydrogen-bond acceptors (Lipinski definition) is 9. The lowest BCUT2D eigenvalue weighted by atomic mass is 9.76. The molecule has 3 aromatic rings. The van der Waals surface area contributed by atoms with Crippen molar-refractivity contribution < 1.29 is 14.0 Å². The quantitative estimate of drug-likeness (QED) is 0.352. The van der Waals surface area contributed by atoms with Gasteiger partial charge in [-0.1, -0.05) is 57.2 Å². The molecule has 2 aliphatic rings. The average Bonchev–Trinajstić information content (AvgIpc) is 3.36. The number of aromatic nitrogens is 2. The minimum absolute atomic E-state index is 0.0749. The predicted molar refractivity (Wildman–Crippen MR) is 148 cm³/mol. The van der Waals surface area contributed by atoms with Gasteiger partial charge in [-0.25, -0.2) is 4.39 Å². The molecule has 1 aliphatic carbocycles. The van der Waals surface area contributed by atoms with E-state index in [1.165, 1.54) is 35.2 Å². The Kier molecular flexibility index (Phi) is 7.60. The van der Waals surface area contributed by atoms with E-state index in [0.29, 0.717) is 51.3 Å². The van der Waals surface area contributed by atoms with Gasteiger partial charge >= 0.3 is 0 Å². The standard InChI is InChI=1S/C26H20BrFN6O2S2/c27-15-3-1-4-17(11-15)31-21(36)13-37-26-33-32-25(38-26)34-19-5-2-6-20(35)23(19)22(18(12-29)24(34)30)14-7-9-16(28)10-8-14/h1,3-4,7-11,22H,2,5-6,13,30H2,(H,31,36). The highest BCUT2D eigenvalue weighted by molar-refractivity contribution is 9.10. The van der Waals surface area contributed by atoms with E-state index in [1.807, 2.05) is 12.1 Å². The summed E-state index contributed by atoms with van der Waals surface area (Å²) in [6.45, 7) is 0. The summed E-state index contributed by atoms with van der Waals surface area (Å²) in [5, 5.41) is 21.8. The van der Waals surface area contributed by atoms with Gasteiger partial charge in [0.1, 0.15) is 11.6 Å². The molecular formula is C26H20BrFN6O2S2. The van der Waals surface area contributed by atoms with E-state index in [-0.39, 0.29) is 28.8 Å². The summed E-state index contributed by atoms with van der Waals surface area (Å²) in [4.78, 5) is 27.2. The summed E-state index contributed by atoms with van der Waals surface area (Å²) in [5.41, 5.74) is 9.18. The number of nitrogens with zero attached hydrogens (tertiary/aromatic N) is 4. The van der Waals surface area contributed by atoms with Crippen molar-refractivity contribution in [1.29, 1.82) is 5.26 Å². The molecule has 2 aromatic carbocycles. The van der Waals surface area contributed by atoms with E-state index < -0.39 is 11.7 Å². The maximum atomic E-state index is 13.6. The Balaban J connectivity index is 1.42. The van der Waals surface area contributed by atoms with Gasteiger partial charge in [-0.2, -0.15) is 5.26 Å². The third-order valence-corrected chi connectivity index (χ3v) is 8.67. The van der Waals surface area contributed by atoms with Crippen molar-refractivity contribution >= 4 is 61.5 Å². The van der Waals surface area contributed by atoms with E-state index in [1.54, 1.807) is 29.2 Å². The third-order valence-electron chi connectivity index (χ3n) is 6.14. The number of hydrogen-bond donors (Lipinski definition) is 2. The average molecular weight is 612 g/mol. The highest BCUT2D eigenvalue weighted by atomic mass is 79.9. The SMILES string of the molecule is N#CC1=C(N)N(c2nnc(SCC(=O)Nc3cccc(Br)c3)s2)C2=C(C(=O)CCC2)C1c1ccc(F)cc1.